The molecule has 3 unspecified atom stereocenters. The van der Waals surface area contributed by atoms with Crippen molar-refractivity contribution in [1.82, 2.24) is 4.98 Å². The van der Waals surface area contributed by atoms with Gasteiger partial charge in [0, 0.05) is 11.1 Å². The Bertz CT molecular complexity index is 789. The average Bonchev–Trinajstić information content (AvgIpc) is 3.37. The number of nitrogens with zero attached hydrogens (tertiary/aromatic N) is 1. The van der Waals surface area contributed by atoms with E-state index in [0.717, 1.165) is 23.0 Å². The van der Waals surface area contributed by atoms with Gasteiger partial charge in [0.15, 0.2) is 0 Å². The fraction of sp³-hybridized carbons (Fsp3) is 0.450. The molecule has 2 bridgehead atoms. The van der Waals surface area contributed by atoms with Crippen LogP contribution >= 0.6 is 11.3 Å². The maximum Gasteiger partial charge on any atom is 0.309 e. The molecule has 1 amide bonds. The van der Waals surface area contributed by atoms with Gasteiger partial charge in [0.2, 0.25) is 5.91 Å². The zero-order valence-electron chi connectivity index (χ0n) is 14.5. The summed E-state index contributed by atoms with van der Waals surface area (Å²) in [6.45, 7) is 0.198. The van der Waals surface area contributed by atoms with Gasteiger partial charge in [0.1, 0.15) is 11.6 Å². The third kappa shape index (κ3) is 3.96. The molecule has 0 spiro atoms. The Morgan fingerprint density at radius 2 is 2.04 bits per heavy atom. The molecule has 4 rings (SSSR count). The molecule has 1 aromatic carbocycles. The first-order chi connectivity index (χ1) is 12.7. The summed E-state index contributed by atoms with van der Waals surface area (Å²) in [6.07, 6.45) is 4.85. The Kier molecular flexibility index (Phi) is 5.02. The van der Waals surface area contributed by atoms with Crippen molar-refractivity contribution in [3.63, 3.8) is 0 Å². The molecule has 2 saturated carbocycles. The zero-order valence-corrected chi connectivity index (χ0v) is 15.3. The fourth-order valence-electron chi connectivity index (χ4n) is 4.15. The number of ether oxygens (including phenoxy) is 1. The number of thiazole rings is 1. The van der Waals surface area contributed by atoms with E-state index < -0.39 is 0 Å². The largest absolute Gasteiger partial charge is 0.459 e. The van der Waals surface area contributed by atoms with Crippen LogP contribution in [-0.4, -0.2) is 16.9 Å². The number of anilines is 1. The maximum absolute atomic E-state index is 12.3. The number of carbonyl (C=O) groups excluding carboxylic acids is 2. The van der Waals surface area contributed by atoms with Gasteiger partial charge < -0.3 is 10.1 Å². The van der Waals surface area contributed by atoms with E-state index in [1.165, 1.54) is 30.6 Å². The van der Waals surface area contributed by atoms with Gasteiger partial charge in [-0.2, -0.15) is 0 Å². The molecule has 2 fully saturated rings. The number of esters is 1. The molecule has 2 aliphatic carbocycles. The highest BCUT2D eigenvalue weighted by Gasteiger charge is 2.43. The highest BCUT2D eigenvalue weighted by atomic mass is 32.1. The van der Waals surface area contributed by atoms with Crippen molar-refractivity contribution < 1.29 is 14.3 Å². The van der Waals surface area contributed by atoms with Gasteiger partial charge in [0.05, 0.1) is 18.0 Å². The molecule has 3 atom stereocenters. The van der Waals surface area contributed by atoms with Crippen molar-refractivity contribution in [2.45, 2.75) is 38.7 Å². The number of nitrogens with one attached hydrogen (secondary N) is 1. The topological polar surface area (TPSA) is 68.3 Å². The first-order valence-corrected chi connectivity index (χ1v) is 10.00. The van der Waals surface area contributed by atoms with E-state index in [2.05, 4.69) is 10.3 Å². The van der Waals surface area contributed by atoms with Crippen LogP contribution in [-0.2, 0) is 27.4 Å². The van der Waals surface area contributed by atoms with Crippen LogP contribution in [0.5, 0.6) is 0 Å². The number of aromatic nitrogens is 1. The molecule has 26 heavy (non-hydrogen) atoms. The van der Waals surface area contributed by atoms with Crippen molar-refractivity contribution >= 4 is 28.9 Å². The molecule has 2 aromatic rings. The Morgan fingerprint density at radius 1 is 1.19 bits per heavy atom. The van der Waals surface area contributed by atoms with E-state index in [9.17, 15) is 9.59 Å². The summed E-state index contributed by atoms with van der Waals surface area (Å²) >= 11 is 1.42. The lowest BCUT2D eigenvalue weighted by atomic mass is 9.89. The normalized spacial score (nSPS) is 23.8. The summed E-state index contributed by atoms with van der Waals surface area (Å²) in [5.74, 6) is 1.17. The quantitative estimate of drug-likeness (QED) is 0.785. The highest BCUT2D eigenvalue weighted by Crippen LogP contribution is 2.48. The summed E-state index contributed by atoms with van der Waals surface area (Å²) in [4.78, 5) is 28.8. The van der Waals surface area contributed by atoms with Crippen molar-refractivity contribution in [2.75, 3.05) is 5.32 Å². The standard InChI is InChI=1S/C20H22N2O3S/c23-18(21-15-4-2-1-3-5-15)10-19-22-16(12-26-19)11-25-20(24)17-9-13-6-7-14(17)8-13/h1-5,12-14,17H,6-11H2,(H,21,23). The molecule has 1 N–H and O–H groups in total. The predicted octanol–water partition coefficient (Wildman–Crippen LogP) is 3.80. The average molecular weight is 370 g/mol. The van der Waals surface area contributed by atoms with Crippen LogP contribution in [0.2, 0.25) is 0 Å². The molecule has 1 aromatic heterocycles. The minimum Gasteiger partial charge on any atom is -0.459 e. The second-order valence-corrected chi connectivity index (χ2v) is 8.16. The lowest BCUT2D eigenvalue weighted by Gasteiger charge is -2.19. The highest BCUT2D eigenvalue weighted by molar-refractivity contribution is 7.09. The van der Waals surface area contributed by atoms with Crippen LogP contribution in [0.3, 0.4) is 0 Å². The minimum atomic E-state index is -0.101. The fourth-order valence-corrected chi connectivity index (χ4v) is 4.92. The lowest BCUT2D eigenvalue weighted by molar-refractivity contribution is -0.151. The number of carbonyl (C=O) groups is 2. The number of rotatable bonds is 6. The van der Waals surface area contributed by atoms with Crippen LogP contribution in [0.25, 0.3) is 0 Å². The van der Waals surface area contributed by atoms with E-state index in [1.807, 2.05) is 35.7 Å². The lowest BCUT2D eigenvalue weighted by Crippen LogP contribution is -2.23. The van der Waals surface area contributed by atoms with E-state index >= 15 is 0 Å². The SMILES string of the molecule is O=C(Cc1nc(COC(=O)C2CC3CCC2C3)cs1)Nc1ccccc1. The van der Waals surface area contributed by atoms with Crippen molar-refractivity contribution in [3.05, 3.63) is 46.4 Å². The Labute approximate surface area is 156 Å². The number of amides is 1. The molecule has 6 heteroatoms. The molecule has 0 saturated heterocycles. The van der Waals surface area contributed by atoms with Crippen LogP contribution in [0, 0.1) is 17.8 Å². The number of hydrogen-bond acceptors (Lipinski definition) is 5. The van der Waals surface area contributed by atoms with Crippen LogP contribution in [0.1, 0.15) is 36.4 Å². The zero-order chi connectivity index (χ0) is 17.9. The summed E-state index contributed by atoms with van der Waals surface area (Å²) in [5, 5.41) is 5.43. The Balaban J connectivity index is 1.25. The summed E-state index contributed by atoms with van der Waals surface area (Å²) in [6, 6.07) is 9.35. The van der Waals surface area contributed by atoms with Crippen molar-refractivity contribution in [3.8, 4) is 0 Å². The van der Waals surface area contributed by atoms with Crippen molar-refractivity contribution in [2.24, 2.45) is 17.8 Å². The van der Waals surface area contributed by atoms with Gasteiger partial charge in [-0.3, -0.25) is 9.59 Å². The Hall–Kier alpha value is -2.21. The minimum absolute atomic E-state index is 0.0754. The van der Waals surface area contributed by atoms with Crippen LogP contribution in [0.15, 0.2) is 35.7 Å². The predicted molar refractivity (Wildman–Crippen MR) is 99.6 cm³/mol. The second-order valence-electron chi connectivity index (χ2n) is 7.21. The third-order valence-corrected chi connectivity index (χ3v) is 6.27. The smallest absolute Gasteiger partial charge is 0.309 e. The van der Waals surface area contributed by atoms with Gasteiger partial charge in [-0.15, -0.1) is 11.3 Å². The molecular weight excluding hydrogens is 348 g/mol. The van der Waals surface area contributed by atoms with Crippen LogP contribution in [0.4, 0.5) is 5.69 Å². The number of fused-ring (bicyclic) bond motifs is 2. The molecule has 136 valence electrons. The van der Waals surface area contributed by atoms with Crippen LogP contribution < -0.4 is 5.32 Å². The summed E-state index contributed by atoms with van der Waals surface area (Å²) in [5.41, 5.74) is 1.49. The van der Waals surface area contributed by atoms with Crippen molar-refractivity contribution in [1.29, 1.82) is 0 Å². The van der Waals surface area contributed by atoms with Gasteiger partial charge in [-0.05, 0) is 43.2 Å². The third-order valence-electron chi connectivity index (χ3n) is 5.37. The second kappa shape index (κ2) is 7.58. The number of benzene rings is 1. The van der Waals surface area contributed by atoms with E-state index in [4.69, 9.17) is 4.74 Å². The first kappa shape index (κ1) is 17.2. The molecule has 0 aliphatic heterocycles. The van der Waals surface area contributed by atoms with E-state index in [-0.39, 0.29) is 30.8 Å². The van der Waals surface area contributed by atoms with Gasteiger partial charge >= 0.3 is 5.97 Å². The summed E-state index contributed by atoms with van der Waals surface area (Å²) in [7, 11) is 0. The number of para-hydroxylation sites is 1. The van der Waals surface area contributed by atoms with Gasteiger partial charge in [-0.25, -0.2) is 4.98 Å². The van der Waals surface area contributed by atoms with E-state index in [1.54, 1.807) is 0 Å². The molecule has 0 radical (unpaired) electrons. The summed E-state index contributed by atoms with van der Waals surface area (Å²) < 4.78 is 5.48. The van der Waals surface area contributed by atoms with E-state index in [0.29, 0.717) is 11.6 Å². The Morgan fingerprint density at radius 3 is 2.77 bits per heavy atom. The van der Waals surface area contributed by atoms with Gasteiger partial charge in [0.25, 0.3) is 0 Å². The molecule has 5 nitrogen and oxygen atoms in total. The first-order valence-electron chi connectivity index (χ1n) is 9.12. The monoisotopic (exact) mass is 370 g/mol. The number of hydrogen-bond donors (Lipinski definition) is 1. The molecular formula is C20H22N2O3S. The maximum atomic E-state index is 12.3. The molecule has 2 aliphatic rings. The molecule has 1 heterocycles. The van der Waals surface area contributed by atoms with Gasteiger partial charge in [-0.1, -0.05) is 24.6 Å².